The van der Waals surface area contributed by atoms with Crippen molar-refractivity contribution in [2.75, 3.05) is 0 Å². The second-order valence-corrected chi connectivity index (χ2v) is 1.95. The van der Waals surface area contributed by atoms with Gasteiger partial charge < -0.3 is 0 Å². The predicted octanol–water partition coefficient (Wildman–Crippen LogP) is 0.423. The Hall–Kier alpha value is -0.435. The van der Waals surface area contributed by atoms with Crippen LogP contribution in [0, 0.1) is 0 Å². The first-order valence-corrected chi connectivity index (χ1v) is 2.85. The van der Waals surface area contributed by atoms with Crippen LogP contribution in [0.5, 0.6) is 0 Å². The third kappa shape index (κ3) is 0.964. The molecule has 0 N–H and O–H groups in total. The molecule has 1 rings (SSSR count). The molecule has 0 atom stereocenters. The molecule has 0 bridgehead atoms. The Labute approximate surface area is 46.2 Å². The molecule has 0 aliphatic carbocycles. The summed E-state index contributed by atoms with van der Waals surface area (Å²) in [6, 6.07) is 1.79. The molecule has 0 spiro atoms. The standard InChI is InChI=1S/C4H3BOS/c6-5-4-1-2-7-3-4/h1-3H. The monoisotopic (exact) mass is 110 g/mol. The summed E-state index contributed by atoms with van der Waals surface area (Å²) in [6.07, 6.45) is 0. The Morgan fingerprint density at radius 3 is 2.86 bits per heavy atom. The molecule has 1 aromatic heterocycles. The van der Waals surface area contributed by atoms with E-state index in [0.717, 1.165) is 12.6 Å². The third-order valence-electron chi connectivity index (χ3n) is 0.679. The second kappa shape index (κ2) is 2.03. The van der Waals surface area contributed by atoms with Crippen LogP contribution in [0.15, 0.2) is 16.8 Å². The fraction of sp³-hybridized carbons (Fsp3) is 0. The van der Waals surface area contributed by atoms with E-state index in [0.29, 0.717) is 0 Å². The summed E-state index contributed by atoms with van der Waals surface area (Å²) >= 11 is 1.53. The van der Waals surface area contributed by atoms with Gasteiger partial charge in [-0.15, -0.1) is 0 Å². The van der Waals surface area contributed by atoms with Crippen LogP contribution in [-0.2, 0) is 4.70 Å². The quantitative estimate of drug-likeness (QED) is 0.479. The number of hydrogen-bond donors (Lipinski definition) is 0. The molecule has 0 aliphatic rings. The molecule has 0 fully saturated rings. The summed E-state index contributed by atoms with van der Waals surface area (Å²) in [5, 5.41) is 3.69. The van der Waals surface area contributed by atoms with Crippen molar-refractivity contribution in [1.82, 2.24) is 0 Å². The van der Waals surface area contributed by atoms with Crippen LogP contribution in [0.2, 0.25) is 0 Å². The molecule has 1 nitrogen and oxygen atoms in total. The second-order valence-electron chi connectivity index (χ2n) is 1.17. The Kier molecular flexibility index (Phi) is 1.37. The zero-order valence-corrected chi connectivity index (χ0v) is 4.44. The van der Waals surface area contributed by atoms with Crippen molar-refractivity contribution in [3.63, 3.8) is 0 Å². The summed E-state index contributed by atoms with van der Waals surface area (Å²) in [5.74, 6) is 0. The normalized spacial score (nSPS) is 8.00. The van der Waals surface area contributed by atoms with Gasteiger partial charge in [-0.25, -0.2) is 0 Å². The summed E-state index contributed by atoms with van der Waals surface area (Å²) in [4.78, 5) is 0. The molecule has 1 heterocycles. The van der Waals surface area contributed by atoms with Gasteiger partial charge in [0.2, 0.25) is 0 Å². The Morgan fingerprint density at radius 2 is 2.57 bits per heavy atom. The minimum absolute atomic E-state index is 0.769. The Morgan fingerprint density at radius 1 is 1.71 bits per heavy atom. The van der Waals surface area contributed by atoms with Crippen molar-refractivity contribution in [2.45, 2.75) is 0 Å². The van der Waals surface area contributed by atoms with Crippen molar-refractivity contribution in [2.24, 2.45) is 0 Å². The van der Waals surface area contributed by atoms with Crippen molar-refractivity contribution in [1.29, 1.82) is 0 Å². The van der Waals surface area contributed by atoms with Crippen LogP contribution < -0.4 is 5.46 Å². The van der Waals surface area contributed by atoms with Crippen LogP contribution >= 0.6 is 11.3 Å². The molecule has 0 unspecified atom stereocenters. The van der Waals surface area contributed by atoms with Crippen molar-refractivity contribution >= 4 is 23.9 Å². The van der Waals surface area contributed by atoms with Gasteiger partial charge >= 0.3 is 45.5 Å². The third-order valence-corrected chi connectivity index (χ3v) is 1.38. The van der Waals surface area contributed by atoms with Gasteiger partial charge in [0.1, 0.15) is 0 Å². The minimum atomic E-state index is 0.769. The maximum atomic E-state index is 9.87. The molecule has 0 aliphatic heterocycles. The van der Waals surface area contributed by atoms with E-state index in [9.17, 15) is 4.70 Å². The van der Waals surface area contributed by atoms with Gasteiger partial charge in [-0.1, -0.05) is 0 Å². The van der Waals surface area contributed by atoms with Crippen LogP contribution in [0.1, 0.15) is 0 Å². The Balaban J connectivity index is 2.96. The van der Waals surface area contributed by atoms with E-state index in [-0.39, 0.29) is 0 Å². The van der Waals surface area contributed by atoms with E-state index in [1.807, 2.05) is 10.8 Å². The molecule has 0 amide bonds. The summed E-state index contributed by atoms with van der Waals surface area (Å²) < 4.78 is 9.87. The molecule has 3 heteroatoms. The molecule has 0 saturated carbocycles. The van der Waals surface area contributed by atoms with Crippen LogP contribution in [0.3, 0.4) is 0 Å². The number of hydrogen-bond acceptors (Lipinski definition) is 2. The van der Waals surface area contributed by atoms with Gasteiger partial charge in [-0.3, -0.25) is 0 Å². The number of rotatable bonds is 1. The predicted molar refractivity (Wildman–Crippen MR) is 30.4 cm³/mol. The van der Waals surface area contributed by atoms with E-state index in [1.165, 1.54) is 11.3 Å². The van der Waals surface area contributed by atoms with Crippen LogP contribution in [0.4, 0.5) is 0 Å². The topological polar surface area (TPSA) is 17.1 Å². The molecule has 0 saturated heterocycles. The zero-order chi connectivity index (χ0) is 5.11. The van der Waals surface area contributed by atoms with Crippen molar-refractivity contribution in [3.05, 3.63) is 16.8 Å². The van der Waals surface area contributed by atoms with E-state index in [1.54, 1.807) is 6.07 Å². The maximum absolute atomic E-state index is 9.87. The molecule has 1 aromatic rings. The van der Waals surface area contributed by atoms with E-state index >= 15 is 0 Å². The first-order valence-electron chi connectivity index (χ1n) is 1.91. The van der Waals surface area contributed by atoms with Gasteiger partial charge in [0.25, 0.3) is 0 Å². The first-order chi connectivity index (χ1) is 3.43. The van der Waals surface area contributed by atoms with Gasteiger partial charge in [0, 0.05) is 0 Å². The van der Waals surface area contributed by atoms with Crippen molar-refractivity contribution in [3.8, 4) is 0 Å². The summed E-state index contributed by atoms with van der Waals surface area (Å²) in [6.45, 7) is 0. The van der Waals surface area contributed by atoms with E-state index < -0.39 is 0 Å². The molecule has 34 valence electrons. The van der Waals surface area contributed by atoms with Crippen LogP contribution in [-0.4, -0.2) is 7.15 Å². The summed E-state index contributed by atoms with van der Waals surface area (Å²) in [7, 11) is 0.844. The van der Waals surface area contributed by atoms with E-state index in [4.69, 9.17) is 0 Å². The molecule has 7 heavy (non-hydrogen) atoms. The SMILES string of the molecule is O=Bc1ccsc1. The van der Waals surface area contributed by atoms with Gasteiger partial charge in [-0.05, 0) is 0 Å². The van der Waals surface area contributed by atoms with E-state index in [2.05, 4.69) is 0 Å². The van der Waals surface area contributed by atoms with Crippen LogP contribution in [0.25, 0.3) is 0 Å². The molecular formula is C4H3BOS. The summed E-state index contributed by atoms with van der Waals surface area (Å²) in [5.41, 5.74) is 0.769. The van der Waals surface area contributed by atoms with Gasteiger partial charge in [-0.2, -0.15) is 0 Å². The first kappa shape index (κ1) is 4.72. The average Bonchev–Trinajstić information content (AvgIpc) is 2.14. The Bertz CT molecular complexity index is 147. The van der Waals surface area contributed by atoms with Gasteiger partial charge in [0.05, 0.1) is 0 Å². The fourth-order valence-electron chi connectivity index (χ4n) is 0.342. The van der Waals surface area contributed by atoms with Crippen molar-refractivity contribution < 1.29 is 4.70 Å². The molecular weight excluding hydrogens is 107 g/mol. The fourth-order valence-corrected chi connectivity index (χ4v) is 0.948. The molecule has 0 aromatic carbocycles. The van der Waals surface area contributed by atoms with Gasteiger partial charge in [0.15, 0.2) is 0 Å². The average molecular weight is 110 g/mol. The zero-order valence-electron chi connectivity index (χ0n) is 3.63. The number of thiophene rings is 1. The molecule has 0 radical (unpaired) electrons.